The number of aliphatic hydroxyl groups is 3. The molecule has 1 aliphatic heterocycles. The Hall–Kier alpha value is -3.12. The molecule has 2 heterocycles. The van der Waals surface area contributed by atoms with E-state index in [2.05, 4.69) is 9.97 Å². The van der Waals surface area contributed by atoms with Crippen molar-refractivity contribution in [3.8, 4) is 0 Å². The first-order valence-corrected chi connectivity index (χ1v) is 11.5. The smallest absolute Gasteiger partial charge is 0.254 e. The second-order valence-electron chi connectivity index (χ2n) is 8.33. The van der Waals surface area contributed by atoms with Gasteiger partial charge in [-0.15, -0.1) is 0 Å². The summed E-state index contributed by atoms with van der Waals surface area (Å²) in [4.78, 5) is 35.7. The zero-order valence-corrected chi connectivity index (χ0v) is 19.3. The van der Waals surface area contributed by atoms with Crippen LogP contribution in [0.4, 0.5) is 4.39 Å². The van der Waals surface area contributed by atoms with Crippen molar-refractivity contribution >= 4 is 17.9 Å². The van der Waals surface area contributed by atoms with E-state index in [-0.39, 0.29) is 37.7 Å². The number of carbonyl (C=O) groups excluding carboxylic acids is 2. The fourth-order valence-electron chi connectivity index (χ4n) is 3.65. The monoisotopic (exact) mass is 490 g/mol. The van der Waals surface area contributed by atoms with Crippen LogP contribution in [-0.2, 0) is 9.53 Å². The van der Waals surface area contributed by atoms with Gasteiger partial charge in [0.2, 0.25) is 5.91 Å². The van der Waals surface area contributed by atoms with E-state index in [0.717, 1.165) is 12.1 Å². The third kappa shape index (κ3) is 7.96. The molecular weight excluding hydrogens is 459 g/mol. The van der Waals surface area contributed by atoms with Gasteiger partial charge in [0.25, 0.3) is 5.91 Å². The minimum absolute atomic E-state index is 0.0518. The molecule has 190 valence electrons. The summed E-state index contributed by atoms with van der Waals surface area (Å²) in [6.45, 7) is 0.449. The Morgan fingerprint density at radius 2 is 1.80 bits per heavy atom. The first-order valence-electron chi connectivity index (χ1n) is 11.5. The molecule has 0 aliphatic carbocycles. The number of amides is 2. The van der Waals surface area contributed by atoms with Crippen molar-refractivity contribution in [2.75, 3.05) is 39.4 Å². The minimum Gasteiger partial charge on any atom is -0.388 e. The third-order valence-electron chi connectivity index (χ3n) is 5.71. The molecule has 1 aliphatic rings. The number of halogens is 1. The van der Waals surface area contributed by atoms with Crippen LogP contribution in [0.3, 0.4) is 0 Å². The molecule has 0 unspecified atom stereocenters. The molecule has 2 amide bonds. The van der Waals surface area contributed by atoms with Gasteiger partial charge >= 0.3 is 0 Å². The minimum atomic E-state index is -1.54. The number of H-pyrrole nitrogens is 1. The highest BCUT2D eigenvalue weighted by Gasteiger charge is 2.29. The third-order valence-corrected chi connectivity index (χ3v) is 5.71. The van der Waals surface area contributed by atoms with Crippen LogP contribution in [-0.4, -0.2) is 105 Å². The van der Waals surface area contributed by atoms with Crippen LogP contribution < -0.4 is 0 Å². The van der Waals surface area contributed by atoms with E-state index in [1.165, 1.54) is 29.4 Å². The van der Waals surface area contributed by atoms with Gasteiger partial charge in [-0.2, -0.15) is 0 Å². The van der Waals surface area contributed by atoms with Crippen LogP contribution >= 0.6 is 0 Å². The zero-order chi connectivity index (χ0) is 25.2. The molecule has 4 N–H and O–H groups in total. The molecule has 0 spiro atoms. The largest absolute Gasteiger partial charge is 0.388 e. The predicted octanol–water partition coefficient (Wildman–Crippen LogP) is 0.426. The molecule has 1 fully saturated rings. The number of aromatic nitrogens is 2. The Kier molecular flexibility index (Phi) is 9.91. The molecule has 2 aromatic rings. The van der Waals surface area contributed by atoms with Crippen LogP contribution in [0.2, 0.25) is 0 Å². The van der Waals surface area contributed by atoms with Crippen molar-refractivity contribution in [2.24, 2.45) is 0 Å². The number of nitrogens with one attached hydrogen (secondary N) is 1. The second kappa shape index (κ2) is 13.1. The summed E-state index contributed by atoms with van der Waals surface area (Å²) in [5.41, 5.74) is 0.854. The number of benzene rings is 1. The number of aromatic amines is 1. The predicted molar refractivity (Wildman–Crippen MR) is 125 cm³/mol. The summed E-state index contributed by atoms with van der Waals surface area (Å²) >= 11 is 0. The molecule has 35 heavy (non-hydrogen) atoms. The Morgan fingerprint density at radius 1 is 1.06 bits per heavy atom. The Balaban J connectivity index is 1.79. The highest BCUT2D eigenvalue weighted by atomic mass is 19.1. The Morgan fingerprint density at radius 3 is 2.51 bits per heavy atom. The first-order chi connectivity index (χ1) is 16.8. The lowest BCUT2D eigenvalue weighted by atomic mass is 10.1. The number of rotatable bonds is 3. The average Bonchev–Trinajstić information content (AvgIpc) is 3.38. The summed E-state index contributed by atoms with van der Waals surface area (Å²) in [7, 11) is 0. The summed E-state index contributed by atoms with van der Waals surface area (Å²) < 4.78 is 18.7. The van der Waals surface area contributed by atoms with E-state index in [9.17, 15) is 29.3 Å². The number of β-amino-alcohol motifs (C(OH)–C–C–N with tert-alkyl or cyclic N) is 1. The second-order valence-corrected chi connectivity index (χ2v) is 8.33. The van der Waals surface area contributed by atoms with Gasteiger partial charge < -0.3 is 34.8 Å². The molecule has 0 saturated carbocycles. The molecule has 10 nitrogen and oxygen atoms in total. The van der Waals surface area contributed by atoms with Gasteiger partial charge in [-0.3, -0.25) is 9.59 Å². The summed E-state index contributed by atoms with van der Waals surface area (Å²) in [6, 6.07) is 4.95. The summed E-state index contributed by atoms with van der Waals surface area (Å²) in [5.74, 6) is -1.27. The lowest BCUT2D eigenvalue weighted by Crippen LogP contribution is -2.49. The van der Waals surface area contributed by atoms with Crippen molar-refractivity contribution in [1.29, 1.82) is 0 Å². The molecule has 1 saturated heterocycles. The van der Waals surface area contributed by atoms with Crippen LogP contribution in [0.5, 0.6) is 0 Å². The average molecular weight is 491 g/mol. The van der Waals surface area contributed by atoms with Crippen LogP contribution in [0.15, 0.2) is 42.9 Å². The standard InChI is InChI=1S/C24H31FN4O6/c25-18-5-3-17(4-6-18)24(34)29-11-10-28(22(32)8-7-19-13-26-16-27-19)9-1-2-12-35-15-21(31)23(33)20(30)14-29/h3-8,13,16,20-21,23,30-31,33H,1-2,9-12,14-15H2,(H,26,27)/b8-7+/t20-,21+,23+/m0/s1. The van der Waals surface area contributed by atoms with Crippen molar-refractivity contribution in [2.45, 2.75) is 31.2 Å². The molecule has 0 radical (unpaired) electrons. The molecule has 1 aromatic carbocycles. The lowest BCUT2D eigenvalue weighted by Gasteiger charge is -2.32. The summed E-state index contributed by atoms with van der Waals surface area (Å²) in [6.07, 6.45) is 2.98. The van der Waals surface area contributed by atoms with Crippen molar-refractivity contribution < 1.29 is 34.0 Å². The number of hydrogen-bond donors (Lipinski definition) is 4. The number of hydrogen-bond acceptors (Lipinski definition) is 7. The van der Waals surface area contributed by atoms with E-state index in [4.69, 9.17) is 4.74 Å². The van der Waals surface area contributed by atoms with Crippen LogP contribution in [0.25, 0.3) is 6.08 Å². The fraction of sp³-hybridized carbons (Fsp3) is 0.458. The number of aliphatic hydroxyl groups excluding tert-OH is 3. The Bertz CT molecular complexity index is 969. The van der Waals surface area contributed by atoms with Gasteiger partial charge in [-0.05, 0) is 43.2 Å². The van der Waals surface area contributed by atoms with Crippen LogP contribution in [0.1, 0.15) is 28.9 Å². The van der Waals surface area contributed by atoms with E-state index in [1.807, 2.05) is 0 Å². The van der Waals surface area contributed by atoms with Gasteiger partial charge in [-0.1, -0.05) is 0 Å². The molecule has 1 aromatic heterocycles. The normalized spacial score (nSPS) is 23.3. The van der Waals surface area contributed by atoms with E-state index in [1.54, 1.807) is 17.2 Å². The number of carbonyl (C=O) groups is 2. The number of nitrogens with zero attached hydrogens (tertiary/aromatic N) is 3. The zero-order valence-electron chi connectivity index (χ0n) is 19.3. The number of imidazole rings is 1. The molecule has 0 bridgehead atoms. The fourth-order valence-corrected chi connectivity index (χ4v) is 3.65. The molecule has 3 atom stereocenters. The summed E-state index contributed by atoms with van der Waals surface area (Å²) in [5, 5.41) is 31.0. The van der Waals surface area contributed by atoms with E-state index >= 15 is 0 Å². The molecule has 11 heteroatoms. The molecular formula is C24H31FN4O6. The highest BCUT2D eigenvalue weighted by Crippen LogP contribution is 2.12. The van der Waals surface area contributed by atoms with Crippen molar-refractivity contribution in [3.63, 3.8) is 0 Å². The Labute approximate surface area is 202 Å². The van der Waals surface area contributed by atoms with Crippen molar-refractivity contribution in [3.05, 3.63) is 59.9 Å². The molecule has 3 rings (SSSR count). The first kappa shape index (κ1) is 26.5. The maximum atomic E-state index is 13.3. The van der Waals surface area contributed by atoms with Gasteiger partial charge in [0, 0.05) is 44.4 Å². The van der Waals surface area contributed by atoms with Gasteiger partial charge in [0.05, 0.1) is 24.8 Å². The van der Waals surface area contributed by atoms with Gasteiger partial charge in [0.1, 0.15) is 24.1 Å². The van der Waals surface area contributed by atoms with Gasteiger partial charge in [-0.25, -0.2) is 9.37 Å². The van der Waals surface area contributed by atoms with Crippen molar-refractivity contribution in [1.82, 2.24) is 19.8 Å². The maximum absolute atomic E-state index is 13.3. The highest BCUT2D eigenvalue weighted by molar-refractivity contribution is 5.94. The topological polar surface area (TPSA) is 139 Å². The number of ether oxygens (including phenoxy) is 1. The maximum Gasteiger partial charge on any atom is 0.254 e. The van der Waals surface area contributed by atoms with Crippen LogP contribution in [0, 0.1) is 5.82 Å². The quantitative estimate of drug-likeness (QED) is 0.458. The van der Waals surface area contributed by atoms with E-state index < -0.39 is 30.0 Å². The van der Waals surface area contributed by atoms with E-state index in [0.29, 0.717) is 31.7 Å². The lowest BCUT2D eigenvalue weighted by molar-refractivity contribution is -0.126. The SMILES string of the molecule is O=C(/C=C/c1cnc[nH]1)N1CCCCOC[C@@H](O)[C@H](O)[C@@H](O)CN(C(=O)c2ccc(F)cc2)CC1. The van der Waals surface area contributed by atoms with Gasteiger partial charge in [0.15, 0.2) is 0 Å².